The monoisotopic (exact) mass is 544 g/mol. The molecule has 0 bridgehead atoms. The summed E-state index contributed by atoms with van der Waals surface area (Å²) < 4.78 is 51.1. The Morgan fingerprint density at radius 1 is 0.909 bits per heavy atom. The minimum Gasteiger partial charge on any atom is 0 e. The van der Waals surface area contributed by atoms with Crippen molar-refractivity contribution < 1.29 is 66.2 Å². The van der Waals surface area contributed by atoms with Crippen molar-refractivity contribution in [1.29, 1.82) is 0 Å². The van der Waals surface area contributed by atoms with Crippen molar-refractivity contribution in [1.82, 2.24) is 0 Å². The molecule has 0 spiro atoms. The molecule has 0 saturated heterocycles. The SMILES string of the molecule is C=CC(C)(C)O[C@@H]1C#CC[C@H]2[C@H](C)CC[C@H]2C(=C)C1.[C-]#[O+].[C-]#[O+].[C-]#[O+].[C-]#[O+].[C-]#[O+].[C-]#[O+].[Co].[Co]. The zero-order valence-electron chi connectivity index (χ0n) is 18.7. The van der Waals surface area contributed by atoms with Crippen molar-refractivity contribution in [3.63, 3.8) is 0 Å². The number of rotatable bonds is 3. The standard InChI is InChI=1S/C18H26O.6CO.2Co/c1-6-18(4,5)19-15-8-7-9-16-13(2)10-11-17(16)14(3)12-15;6*1-2;;/h6,13,15-17H,1,3,9-12H2,2,4-5H3;;;;;;;;/t13-,15-,16+,17+;;;;;;;;/m1......../s1. The van der Waals surface area contributed by atoms with E-state index in [2.05, 4.69) is 71.8 Å². The quantitative estimate of drug-likeness (QED) is 0.225. The van der Waals surface area contributed by atoms with Crippen LogP contribution in [0.25, 0.3) is 0 Å². The fraction of sp³-hybridized carbons (Fsp3) is 0.500. The molecule has 2 aliphatic rings. The maximum atomic E-state index is 7.50. The zero-order valence-corrected chi connectivity index (χ0v) is 20.7. The van der Waals surface area contributed by atoms with E-state index in [4.69, 9.17) is 32.6 Å². The van der Waals surface area contributed by atoms with Crippen LogP contribution in [-0.4, -0.2) is 11.7 Å². The summed E-state index contributed by atoms with van der Waals surface area (Å²) in [6.07, 6.45) is 6.29. The molecule has 7 nitrogen and oxygen atoms in total. The summed E-state index contributed by atoms with van der Waals surface area (Å²) in [5, 5.41) is 0. The van der Waals surface area contributed by atoms with E-state index in [0.29, 0.717) is 11.8 Å². The van der Waals surface area contributed by atoms with E-state index in [9.17, 15) is 0 Å². The van der Waals surface area contributed by atoms with Gasteiger partial charge in [0.05, 0.1) is 5.60 Å². The third-order valence-electron chi connectivity index (χ3n) is 4.69. The summed E-state index contributed by atoms with van der Waals surface area (Å²) in [7, 11) is 0. The molecule has 0 aliphatic heterocycles. The van der Waals surface area contributed by atoms with E-state index in [1.165, 1.54) is 18.4 Å². The van der Waals surface area contributed by atoms with Crippen LogP contribution >= 0.6 is 0 Å². The Hall–Kier alpha value is -1.55. The molecule has 0 aromatic rings. The minimum absolute atomic E-state index is 0. The first kappa shape index (κ1) is 48.8. The van der Waals surface area contributed by atoms with Crippen LogP contribution in [0, 0.1) is 69.5 Å². The molecule has 2 rings (SSSR count). The summed E-state index contributed by atoms with van der Waals surface area (Å²) in [5.74, 6) is 8.81. The third kappa shape index (κ3) is 22.0. The second-order valence-electron chi connectivity index (χ2n) is 6.63. The topological polar surface area (TPSA) is 129 Å². The largest absolute Gasteiger partial charge is 0 e. The van der Waals surface area contributed by atoms with Crippen LogP contribution in [-0.2, 0) is 66.2 Å². The molecule has 9 heteroatoms. The molecule has 33 heavy (non-hydrogen) atoms. The number of hydrogen-bond acceptors (Lipinski definition) is 1. The Kier molecular flexibility index (Phi) is 51.8. The summed E-state index contributed by atoms with van der Waals surface area (Å²) in [6, 6.07) is 0. The van der Waals surface area contributed by atoms with Gasteiger partial charge in [0, 0.05) is 46.4 Å². The first-order chi connectivity index (χ1) is 14.9. The molecule has 1 saturated carbocycles. The van der Waals surface area contributed by atoms with Crippen molar-refractivity contribution in [3.05, 3.63) is 64.7 Å². The number of fused-ring (bicyclic) bond motifs is 1. The van der Waals surface area contributed by atoms with Gasteiger partial charge >= 0.3 is 67.8 Å². The number of hydrogen-bond donors (Lipinski definition) is 0. The van der Waals surface area contributed by atoms with Crippen molar-refractivity contribution in [3.8, 4) is 11.8 Å². The molecule has 0 unspecified atom stereocenters. The maximum Gasteiger partial charge on any atom is 0 e. The second kappa shape index (κ2) is 35.1. The molecule has 0 amide bonds. The normalized spacial score (nSPS) is 20.4. The summed E-state index contributed by atoms with van der Waals surface area (Å²) in [6.45, 7) is 41.6. The molecule has 4 atom stereocenters. The van der Waals surface area contributed by atoms with E-state index >= 15 is 0 Å². The van der Waals surface area contributed by atoms with Crippen molar-refractivity contribution in [2.45, 2.75) is 58.2 Å². The van der Waals surface area contributed by atoms with Crippen LogP contribution in [0.3, 0.4) is 0 Å². The van der Waals surface area contributed by atoms with Gasteiger partial charge in [0.1, 0.15) is 6.10 Å². The third-order valence-corrected chi connectivity index (χ3v) is 4.69. The van der Waals surface area contributed by atoms with E-state index in [0.717, 1.165) is 18.8 Å². The Balaban J connectivity index is -0.0000000844. The van der Waals surface area contributed by atoms with Gasteiger partial charge < -0.3 is 4.74 Å². The first-order valence-electron chi connectivity index (χ1n) is 8.63. The van der Waals surface area contributed by atoms with E-state index < -0.39 is 0 Å². The zero-order chi connectivity index (χ0) is 26.0. The molecule has 1 fully saturated rings. The Labute approximate surface area is 218 Å². The van der Waals surface area contributed by atoms with Gasteiger partial charge in [-0.2, -0.15) is 0 Å². The van der Waals surface area contributed by atoms with Crippen LogP contribution in [0.2, 0.25) is 0 Å². The molecule has 2 radical (unpaired) electrons. The molecular formula is C24H26Co2O7. The van der Waals surface area contributed by atoms with Crippen LogP contribution in [0.1, 0.15) is 46.5 Å². The summed E-state index contributed by atoms with van der Waals surface area (Å²) in [4.78, 5) is 0. The van der Waals surface area contributed by atoms with Gasteiger partial charge in [-0.3, -0.25) is 0 Å². The van der Waals surface area contributed by atoms with E-state index in [-0.39, 0.29) is 45.3 Å². The van der Waals surface area contributed by atoms with Crippen molar-refractivity contribution in [2.24, 2.45) is 17.8 Å². The molecule has 182 valence electrons. The Bertz CT molecular complexity index is 630. The fourth-order valence-electron chi connectivity index (χ4n) is 3.33. The average molecular weight is 544 g/mol. The molecule has 0 aromatic carbocycles. The molecular weight excluding hydrogens is 518 g/mol. The van der Waals surface area contributed by atoms with Crippen LogP contribution in [0.15, 0.2) is 24.8 Å². The first-order valence-corrected chi connectivity index (χ1v) is 8.63. The van der Waals surface area contributed by atoms with Gasteiger partial charge in [0.2, 0.25) is 0 Å². The Morgan fingerprint density at radius 2 is 1.33 bits per heavy atom. The van der Waals surface area contributed by atoms with E-state index in [1.807, 2.05) is 19.9 Å². The number of ether oxygens (including phenoxy) is 1. The maximum absolute atomic E-state index is 7.50. The van der Waals surface area contributed by atoms with Crippen LogP contribution in [0.4, 0.5) is 0 Å². The Morgan fingerprint density at radius 3 is 1.73 bits per heavy atom. The van der Waals surface area contributed by atoms with Gasteiger partial charge in [0.25, 0.3) is 0 Å². The smallest absolute Gasteiger partial charge is 0 e. The van der Waals surface area contributed by atoms with Crippen molar-refractivity contribution in [2.75, 3.05) is 0 Å². The fourth-order valence-corrected chi connectivity index (χ4v) is 3.33. The average Bonchev–Trinajstić information content (AvgIpc) is 3.20. The van der Waals surface area contributed by atoms with Gasteiger partial charge in [-0.15, -0.1) is 12.5 Å². The predicted molar refractivity (Wildman–Crippen MR) is 104 cm³/mol. The molecule has 0 N–H and O–H groups in total. The molecule has 2 aliphatic carbocycles. The van der Waals surface area contributed by atoms with Crippen LogP contribution in [0.5, 0.6) is 0 Å². The minimum atomic E-state index is -0.318. The van der Waals surface area contributed by atoms with Crippen molar-refractivity contribution >= 4 is 0 Å². The van der Waals surface area contributed by atoms with Gasteiger partial charge in [-0.25, -0.2) is 0 Å². The van der Waals surface area contributed by atoms with Gasteiger partial charge in [0.15, 0.2) is 0 Å². The second-order valence-corrected chi connectivity index (χ2v) is 6.63. The van der Waals surface area contributed by atoms with Gasteiger partial charge in [-0.05, 0) is 44.4 Å². The van der Waals surface area contributed by atoms with E-state index in [1.54, 1.807) is 0 Å². The van der Waals surface area contributed by atoms with Gasteiger partial charge in [-0.1, -0.05) is 31.1 Å². The molecule has 0 heterocycles. The van der Waals surface area contributed by atoms with Crippen LogP contribution < -0.4 is 0 Å². The summed E-state index contributed by atoms with van der Waals surface area (Å²) >= 11 is 0. The molecule has 0 aromatic heterocycles. The summed E-state index contributed by atoms with van der Waals surface area (Å²) in [5.41, 5.74) is 1.02. The predicted octanol–water partition coefficient (Wildman–Crippen LogP) is 4.12.